The zero-order valence-electron chi connectivity index (χ0n) is 9.10. The first-order chi connectivity index (χ1) is 7.07. The smallest absolute Gasteiger partial charge is 0.326 e. The summed E-state index contributed by atoms with van der Waals surface area (Å²) < 4.78 is 4.89. The van der Waals surface area contributed by atoms with E-state index in [9.17, 15) is 9.59 Å². The first kappa shape index (κ1) is 12.0. The summed E-state index contributed by atoms with van der Waals surface area (Å²) in [5.74, 6) is -1.30. The lowest BCUT2D eigenvalue weighted by Gasteiger charge is -2.24. The van der Waals surface area contributed by atoms with E-state index in [2.05, 4.69) is 0 Å². The molecule has 1 unspecified atom stereocenters. The largest absolute Gasteiger partial charge is 0.480 e. The second-order valence-electron chi connectivity index (χ2n) is 3.88. The SMILES string of the molecule is COCC(C)C(=O)N1CCC[C@@H]1C(=O)O. The molecule has 86 valence electrons. The fourth-order valence-corrected chi connectivity index (χ4v) is 1.89. The molecule has 1 aliphatic rings. The number of carboxylic acid groups (broad SMARTS) is 1. The van der Waals surface area contributed by atoms with Crippen LogP contribution in [0, 0.1) is 5.92 Å². The Bertz CT molecular complexity index is 254. The number of carboxylic acids is 1. The zero-order chi connectivity index (χ0) is 11.4. The lowest BCUT2D eigenvalue weighted by Crippen LogP contribution is -2.43. The highest BCUT2D eigenvalue weighted by Gasteiger charge is 2.35. The standard InChI is InChI=1S/C10H17NO4/c1-7(6-15-2)9(12)11-5-3-4-8(11)10(13)14/h7-8H,3-6H2,1-2H3,(H,13,14)/t7?,8-/m1/s1. The average Bonchev–Trinajstić information content (AvgIpc) is 2.65. The van der Waals surface area contributed by atoms with E-state index in [1.54, 1.807) is 6.92 Å². The molecule has 1 rings (SSSR count). The average molecular weight is 215 g/mol. The van der Waals surface area contributed by atoms with Crippen LogP contribution in [-0.4, -0.2) is 48.2 Å². The zero-order valence-corrected chi connectivity index (χ0v) is 9.10. The van der Waals surface area contributed by atoms with E-state index >= 15 is 0 Å². The van der Waals surface area contributed by atoms with E-state index in [4.69, 9.17) is 9.84 Å². The lowest BCUT2D eigenvalue weighted by atomic mass is 10.1. The van der Waals surface area contributed by atoms with Crippen molar-refractivity contribution in [1.29, 1.82) is 0 Å². The normalized spacial score (nSPS) is 22.8. The minimum absolute atomic E-state index is 0.123. The number of amides is 1. The molecule has 0 aromatic heterocycles. The molecule has 5 nitrogen and oxygen atoms in total. The Balaban J connectivity index is 2.62. The number of aliphatic carboxylic acids is 1. The van der Waals surface area contributed by atoms with Gasteiger partial charge in [-0.2, -0.15) is 0 Å². The Kier molecular flexibility index (Phi) is 4.08. The van der Waals surface area contributed by atoms with Gasteiger partial charge in [0.25, 0.3) is 0 Å². The Labute approximate surface area is 89.0 Å². The van der Waals surface area contributed by atoms with Crippen LogP contribution in [0.3, 0.4) is 0 Å². The van der Waals surface area contributed by atoms with E-state index in [1.165, 1.54) is 12.0 Å². The van der Waals surface area contributed by atoms with Gasteiger partial charge >= 0.3 is 5.97 Å². The van der Waals surface area contributed by atoms with Crippen LogP contribution < -0.4 is 0 Å². The van der Waals surface area contributed by atoms with Gasteiger partial charge in [0.2, 0.25) is 5.91 Å². The molecule has 2 atom stereocenters. The van der Waals surface area contributed by atoms with Crippen LogP contribution >= 0.6 is 0 Å². The topological polar surface area (TPSA) is 66.8 Å². The van der Waals surface area contributed by atoms with Gasteiger partial charge in [-0.05, 0) is 12.8 Å². The van der Waals surface area contributed by atoms with Gasteiger partial charge < -0.3 is 14.7 Å². The maximum atomic E-state index is 11.8. The summed E-state index contributed by atoms with van der Waals surface area (Å²) in [5.41, 5.74) is 0. The highest BCUT2D eigenvalue weighted by atomic mass is 16.5. The lowest BCUT2D eigenvalue weighted by molar-refractivity contribution is -0.150. The Hall–Kier alpha value is -1.10. The second kappa shape index (κ2) is 5.11. The number of rotatable bonds is 4. The van der Waals surface area contributed by atoms with E-state index in [0.29, 0.717) is 19.6 Å². The summed E-state index contributed by atoms with van der Waals surface area (Å²) in [6.07, 6.45) is 1.32. The molecule has 0 bridgehead atoms. The molecule has 0 radical (unpaired) electrons. The number of likely N-dealkylation sites (tertiary alicyclic amines) is 1. The van der Waals surface area contributed by atoms with Gasteiger partial charge in [-0.25, -0.2) is 4.79 Å². The molecule has 0 aromatic carbocycles. The van der Waals surface area contributed by atoms with Crippen LogP contribution in [0.4, 0.5) is 0 Å². The predicted octanol–water partition coefficient (Wildman–Crippen LogP) is 0.344. The summed E-state index contributed by atoms with van der Waals surface area (Å²) in [6.45, 7) is 2.63. The van der Waals surface area contributed by atoms with Crippen LogP contribution in [-0.2, 0) is 14.3 Å². The first-order valence-corrected chi connectivity index (χ1v) is 5.10. The van der Waals surface area contributed by atoms with Crippen LogP contribution in [0.25, 0.3) is 0 Å². The fraction of sp³-hybridized carbons (Fsp3) is 0.800. The van der Waals surface area contributed by atoms with Gasteiger partial charge in [0, 0.05) is 13.7 Å². The van der Waals surface area contributed by atoms with Crippen molar-refractivity contribution in [2.24, 2.45) is 5.92 Å². The monoisotopic (exact) mass is 215 g/mol. The number of carbonyl (C=O) groups excluding carboxylic acids is 1. The third-order valence-electron chi connectivity index (χ3n) is 2.66. The van der Waals surface area contributed by atoms with Crippen LogP contribution in [0.15, 0.2) is 0 Å². The van der Waals surface area contributed by atoms with E-state index in [-0.39, 0.29) is 11.8 Å². The maximum Gasteiger partial charge on any atom is 0.326 e. The molecule has 15 heavy (non-hydrogen) atoms. The van der Waals surface area contributed by atoms with Crippen molar-refractivity contribution in [2.45, 2.75) is 25.8 Å². The third-order valence-corrected chi connectivity index (χ3v) is 2.66. The molecule has 0 spiro atoms. The highest BCUT2D eigenvalue weighted by Crippen LogP contribution is 2.19. The molecule has 5 heteroatoms. The van der Waals surface area contributed by atoms with Crippen molar-refractivity contribution in [3.05, 3.63) is 0 Å². The van der Waals surface area contributed by atoms with Crippen molar-refractivity contribution in [1.82, 2.24) is 4.90 Å². The highest BCUT2D eigenvalue weighted by molar-refractivity contribution is 5.85. The molecule has 1 aliphatic heterocycles. The Morgan fingerprint density at radius 1 is 1.60 bits per heavy atom. The number of carbonyl (C=O) groups is 2. The van der Waals surface area contributed by atoms with Gasteiger partial charge in [0.1, 0.15) is 6.04 Å². The predicted molar refractivity (Wildman–Crippen MR) is 53.4 cm³/mol. The Morgan fingerprint density at radius 3 is 2.80 bits per heavy atom. The number of nitrogens with zero attached hydrogens (tertiary/aromatic N) is 1. The van der Waals surface area contributed by atoms with E-state index in [0.717, 1.165) is 6.42 Å². The first-order valence-electron chi connectivity index (χ1n) is 5.10. The molecular weight excluding hydrogens is 198 g/mol. The Morgan fingerprint density at radius 2 is 2.27 bits per heavy atom. The molecule has 1 heterocycles. The van der Waals surface area contributed by atoms with Gasteiger partial charge in [-0.3, -0.25) is 4.79 Å². The van der Waals surface area contributed by atoms with Gasteiger partial charge in [-0.15, -0.1) is 0 Å². The number of ether oxygens (including phenoxy) is 1. The molecule has 1 fully saturated rings. The maximum absolute atomic E-state index is 11.8. The number of hydrogen-bond acceptors (Lipinski definition) is 3. The molecule has 0 aliphatic carbocycles. The molecule has 0 saturated carbocycles. The van der Waals surface area contributed by atoms with Crippen molar-refractivity contribution in [3.63, 3.8) is 0 Å². The van der Waals surface area contributed by atoms with Crippen LogP contribution in [0.1, 0.15) is 19.8 Å². The van der Waals surface area contributed by atoms with Gasteiger partial charge in [-0.1, -0.05) is 6.92 Å². The van der Waals surface area contributed by atoms with Gasteiger partial charge in [0.15, 0.2) is 0 Å². The van der Waals surface area contributed by atoms with Crippen LogP contribution in [0.5, 0.6) is 0 Å². The summed E-state index contributed by atoms with van der Waals surface area (Å²) in [4.78, 5) is 24.2. The van der Waals surface area contributed by atoms with Crippen molar-refractivity contribution in [3.8, 4) is 0 Å². The molecular formula is C10H17NO4. The molecule has 1 N–H and O–H groups in total. The summed E-state index contributed by atoms with van der Waals surface area (Å²) in [7, 11) is 1.53. The fourth-order valence-electron chi connectivity index (χ4n) is 1.89. The molecule has 0 aromatic rings. The second-order valence-corrected chi connectivity index (χ2v) is 3.88. The summed E-state index contributed by atoms with van der Waals surface area (Å²) in [5, 5.41) is 8.92. The number of methoxy groups -OCH3 is 1. The summed E-state index contributed by atoms with van der Waals surface area (Å²) in [6, 6.07) is -0.642. The number of hydrogen-bond donors (Lipinski definition) is 1. The van der Waals surface area contributed by atoms with E-state index in [1.807, 2.05) is 0 Å². The summed E-state index contributed by atoms with van der Waals surface area (Å²) >= 11 is 0. The molecule has 1 saturated heterocycles. The van der Waals surface area contributed by atoms with E-state index < -0.39 is 12.0 Å². The minimum Gasteiger partial charge on any atom is -0.480 e. The minimum atomic E-state index is -0.912. The van der Waals surface area contributed by atoms with Crippen molar-refractivity contribution < 1.29 is 19.4 Å². The van der Waals surface area contributed by atoms with Crippen LogP contribution in [0.2, 0.25) is 0 Å². The third kappa shape index (κ3) is 2.68. The molecule has 1 amide bonds. The van der Waals surface area contributed by atoms with Crippen molar-refractivity contribution in [2.75, 3.05) is 20.3 Å². The van der Waals surface area contributed by atoms with Crippen molar-refractivity contribution >= 4 is 11.9 Å². The van der Waals surface area contributed by atoms with Gasteiger partial charge in [0.05, 0.1) is 12.5 Å². The quantitative estimate of drug-likeness (QED) is 0.734.